The Morgan fingerprint density at radius 3 is 2.72 bits per heavy atom. The van der Waals surface area contributed by atoms with E-state index < -0.39 is 0 Å². The van der Waals surface area contributed by atoms with Gasteiger partial charge in [0.1, 0.15) is 15.9 Å². The van der Waals surface area contributed by atoms with E-state index in [0.29, 0.717) is 38.6 Å². The van der Waals surface area contributed by atoms with Crippen molar-refractivity contribution in [3.05, 3.63) is 45.9 Å². The van der Waals surface area contributed by atoms with Gasteiger partial charge in [0, 0.05) is 28.9 Å². The van der Waals surface area contributed by atoms with Crippen LogP contribution in [0.25, 0.3) is 11.1 Å². The number of pyridine rings is 2. The van der Waals surface area contributed by atoms with Crippen LogP contribution in [-0.4, -0.2) is 33.2 Å². The first-order valence-electron chi connectivity index (χ1n) is 9.36. The highest BCUT2D eigenvalue weighted by molar-refractivity contribution is 7.15. The summed E-state index contributed by atoms with van der Waals surface area (Å²) in [6, 6.07) is 3.50. The maximum absolute atomic E-state index is 13.0. The van der Waals surface area contributed by atoms with Crippen LogP contribution in [0.5, 0.6) is 5.75 Å². The second kappa shape index (κ2) is 8.42. The summed E-state index contributed by atoms with van der Waals surface area (Å²) in [6.45, 7) is 1.86. The third-order valence-corrected chi connectivity index (χ3v) is 6.20. The summed E-state index contributed by atoms with van der Waals surface area (Å²) in [7, 11) is 1.55. The average Bonchev–Trinajstić information content (AvgIpc) is 3.39. The molecule has 1 aliphatic rings. The van der Waals surface area contributed by atoms with E-state index in [2.05, 4.69) is 25.5 Å². The summed E-state index contributed by atoms with van der Waals surface area (Å²) in [5.74, 6) is 0.670. The van der Waals surface area contributed by atoms with Gasteiger partial charge >= 0.3 is 0 Å². The molecule has 0 atom stereocenters. The van der Waals surface area contributed by atoms with Gasteiger partial charge in [0.15, 0.2) is 0 Å². The summed E-state index contributed by atoms with van der Waals surface area (Å²) in [4.78, 5) is 21.4. The van der Waals surface area contributed by atoms with Gasteiger partial charge in [-0.1, -0.05) is 35.8 Å². The van der Waals surface area contributed by atoms with Crippen molar-refractivity contribution in [2.45, 2.75) is 38.5 Å². The van der Waals surface area contributed by atoms with Crippen LogP contribution in [0.2, 0.25) is 5.15 Å². The molecule has 150 valence electrons. The number of hydrogen-bond acceptors (Lipinski definition) is 7. The van der Waals surface area contributed by atoms with E-state index in [-0.39, 0.29) is 5.91 Å². The third-order valence-electron chi connectivity index (χ3n) is 4.99. The van der Waals surface area contributed by atoms with E-state index in [4.69, 9.17) is 16.3 Å². The van der Waals surface area contributed by atoms with Crippen LogP contribution in [-0.2, 0) is 0 Å². The predicted octanol–water partition coefficient (Wildman–Crippen LogP) is 4.88. The Morgan fingerprint density at radius 2 is 1.97 bits per heavy atom. The van der Waals surface area contributed by atoms with Gasteiger partial charge in [-0.3, -0.25) is 15.1 Å². The van der Waals surface area contributed by atoms with Crippen molar-refractivity contribution in [2.24, 2.45) is 0 Å². The van der Waals surface area contributed by atoms with Gasteiger partial charge in [-0.05, 0) is 31.9 Å². The largest absolute Gasteiger partial charge is 0.494 e. The van der Waals surface area contributed by atoms with Gasteiger partial charge in [-0.25, -0.2) is 4.98 Å². The molecule has 0 bridgehead atoms. The number of rotatable bonds is 5. The monoisotopic (exact) mass is 429 g/mol. The topological polar surface area (TPSA) is 89.9 Å². The molecule has 0 radical (unpaired) electrons. The maximum Gasteiger partial charge on any atom is 0.259 e. The van der Waals surface area contributed by atoms with Crippen LogP contribution in [0, 0.1) is 6.92 Å². The van der Waals surface area contributed by atoms with Crippen molar-refractivity contribution in [3.8, 4) is 16.9 Å². The molecule has 1 saturated carbocycles. The molecular formula is C20H20ClN5O2S. The average molecular weight is 430 g/mol. The summed E-state index contributed by atoms with van der Waals surface area (Å²) in [5, 5.41) is 13.1. The number of nitrogens with zero attached hydrogens (tertiary/aromatic N) is 4. The van der Waals surface area contributed by atoms with E-state index in [1.54, 1.807) is 19.4 Å². The highest BCUT2D eigenvalue weighted by Gasteiger charge is 2.23. The highest BCUT2D eigenvalue weighted by atomic mass is 35.5. The Bertz CT molecular complexity index is 1050. The first-order chi connectivity index (χ1) is 14.0. The number of aryl methyl sites for hydroxylation is 1. The number of nitrogens with one attached hydrogen (secondary N) is 1. The van der Waals surface area contributed by atoms with Crippen LogP contribution in [0.3, 0.4) is 0 Å². The summed E-state index contributed by atoms with van der Waals surface area (Å²) in [5.41, 5.74) is 2.50. The Hall–Kier alpha value is -2.58. The molecule has 4 rings (SSSR count). The first kappa shape index (κ1) is 19.7. The predicted molar refractivity (Wildman–Crippen MR) is 113 cm³/mol. The van der Waals surface area contributed by atoms with E-state index in [1.807, 2.05) is 13.0 Å². The molecule has 3 aromatic heterocycles. The second-order valence-electron chi connectivity index (χ2n) is 6.96. The van der Waals surface area contributed by atoms with Gasteiger partial charge in [0.2, 0.25) is 5.13 Å². The maximum atomic E-state index is 13.0. The van der Waals surface area contributed by atoms with Crippen LogP contribution in [0.15, 0.2) is 24.5 Å². The van der Waals surface area contributed by atoms with Gasteiger partial charge in [-0.2, -0.15) is 0 Å². The summed E-state index contributed by atoms with van der Waals surface area (Å²) in [6.07, 6.45) is 7.80. The molecule has 1 aliphatic carbocycles. The highest BCUT2D eigenvalue weighted by Crippen LogP contribution is 2.37. The fourth-order valence-corrected chi connectivity index (χ4v) is 4.61. The van der Waals surface area contributed by atoms with Crippen molar-refractivity contribution < 1.29 is 9.53 Å². The number of anilines is 1. The molecule has 1 amide bonds. The van der Waals surface area contributed by atoms with Gasteiger partial charge in [0.25, 0.3) is 5.91 Å². The number of methoxy groups -OCH3 is 1. The quantitative estimate of drug-likeness (QED) is 0.581. The van der Waals surface area contributed by atoms with E-state index in [0.717, 1.165) is 23.5 Å². The lowest BCUT2D eigenvalue weighted by atomic mass is 10.0. The molecule has 0 spiro atoms. The molecule has 9 heteroatoms. The van der Waals surface area contributed by atoms with Crippen LogP contribution >= 0.6 is 22.9 Å². The van der Waals surface area contributed by atoms with Crippen LogP contribution < -0.4 is 10.1 Å². The molecule has 1 fully saturated rings. The SMILES string of the molecule is COc1cnc(Cl)cc1-c1cc(C)ncc1C(=O)Nc1nnc(C2CCCC2)s1. The number of carbonyl (C=O) groups excluding carboxylic acids is 1. The van der Waals surface area contributed by atoms with Gasteiger partial charge in [-0.15, -0.1) is 10.2 Å². The third kappa shape index (κ3) is 4.23. The molecule has 7 nitrogen and oxygen atoms in total. The molecule has 3 aromatic rings. The van der Waals surface area contributed by atoms with Gasteiger partial charge in [0.05, 0.1) is 18.9 Å². The second-order valence-corrected chi connectivity index (χ2v) is 8.36. The Morgan fingerprint density at radius 1 is 1.17 bits per heavy atom. The Balaban J connectivity index is 1.65. The lowest BCUT2D eigenvalue weighted by Crippen LogP contribution is -2.14. The zero-order valence-corrected chi connectivity index (χ0v) is 17.7. The molecular weight excluding hydrogens is 410 g/mol. The summed E-state index contributed by atoms with van der Waals surface area (Å²) >= 11 is 7.53. The van der Waals surface area contributed by atoms with E-state index in [1.165, 1.54) is 30.4 Å². The number of ether oxygens (including phenoxy) is 1. The lowest BCUT2D eigenvalue weighted by molar-refractivity contribution is 0.102. The summed E-state index contributed by atoms with van der Waals surface area (Å²) < 4.78 is 5.41. The molecule has 0 unspecified atom stereocenters. The number of halogens is 1. The zero-order valence-electron chi connectivity index (χ0n) is 16.1. The Labute approximate surface area is 177 Å². The minimum absolute atomic E-state index is 0.309. The fraction of sp³-hybridized carbons (Fsp3) is 0.350. The minimum atomic E-state index is -0.309. The lowest BCUT2D eigenvalue weighted by Gasteiger charge is -2.13. The molecule has 0 saturated heterocycles. The number of carbonyl (C=O) groups is 1. The van der Waals surface area contributed by atoms with Crippen LogP contribution in [0.4, 0.5) is 5.13 Å². The smallest absolute Gasteiger partial charge is 0.259 e. The van der Waals surface area contributed by atoms with Crippen molar-refractivity contribution in [1.82, 2.24) is 20.2 Å². The van der Waals surface area contributed by atoms with Crippen molar-refractivity contribution >= 4 is 34.0 Å². The van der Waals surface area contributed by atoms with Crippen molar-refractivity contribution in [1.29, 1.82) is 0 Å². The van der Waals surface area contributed by atoms with E-state index in [9.17, 15) is 4.79 Å². The molecule has 29 heavy (non-hydrogen) atoms. The van der Waals surface area contributed by atoms with Crippen molar-refractivity contribution in [3.63, 3.8) is 0 Å². The molecule has 0 aromatic carbocycles. The zero-order chi connectivity index (χ0) is 20.4. The van der Waals surface area contributed by atoms with Crippen LogP contribution in [0.1, 0.15) is 52.7 Å². The minimum Gasteiger partial charge on any atom is -0.494 e. The standard InChI is InChI=1S/C20H20ClN5O2S/c1-11-7-13(14-8-17(21)23-10-16(14)28-2)15(9-22-11)18(27)24-20-26-25-19(29-20)12-5-3-4-6-12/h7-10,12H,3-6H2,1-2H3,(H,24,26,27). The number of amides is 1. The molecule has 3 heterocycles. The molecule has 1 N–H and O–H groups in total. The first-order valence-corrected chi connectivity index (χ1v) is 10.6. The number of aromatic nitrogens is 4. The van der Waals surface area contributed by atoms with Crippen molar-refractivity contribution in [2.75, 3.05) is 12.4 Å². The van der Waals surface area contributed by atoms with E-state index >= 15 is 0 Å². The van der Waals surface area contributed by atoms with Gasteiger partial charge < -0.3 is 4.74 Å². The normalized spacial score (nSPS) is 14.2. The Kier molecular flexibility index (Phi) is 5.73. The molecule has 0 aliphatic heterocycles. The number of hydrogen-bond donors (Lipinski definition) is 1. The fourth-order valence-electron chi connectivity index (χ4n) is 3.54.